The standard InChI is InChI=1S/C20H23NO/c1-17(16-21(2)3)20(22,19-12-8-5-9-13-19)15-14-18-10-6-4-7-11-18/h4-13,17,22H,16H2,1-3H3/t17-,20+/m0/s1. The van der Waals surface area contributed by atoms with Gasteiger partial charge in [0, 0.05) is 18.0 Å². The third-order valence-corrected chi connectivity index (χ3v) is 3.74. The lowest BCUT2D eigenvalue weighted by atomic mass is 9.82. The summed E-state index contributed by atoms with van der Waals surface area (Å²) in [6.07, 6.45) is 0. The van der Waals surface area contributed by atoms with Gasteiger partial charge < -0.3 is 10.0 Å². The first-order valence-corrected chi connectivity index (χ1v) is 7.53. The molecule has 0 bridgehead atoms. The van der Waals surface area contributed by atoms with Crippen molar-refractivity contribution in [2.75, 3.05) is 20.6 Å². The van der Waals surface area contributed by atoms with Gasteiger partial charge in [0.25, 0.3) is 0 Å². The first-order valence-electron chi connectivity index (χ1n) is 7.53. The van der Waals surface area contributed by atoms with Crippen LogP contribution in [0.3, 0.4) is 0 Å². The molecule has 0 aliphatic carbocycles. The van der Waals surface area contributed by atoms with Crippen LogP contribution in [-0.2, 0) is 5.60 Å². The third kappa shape index (κ3) is 3.98. The Balaban J connectivity index is 2.40. The Morgan fingerprint density at radius 3 is 2.09 bits per heavy atom. The second-order valence-electron chi connectivity index (χ2n) is 5.91. The third-order valence-electron chi connectivity index (χ3n) is 3.74. The van der Waals surface area contributed by atoms with E-state index in [9.17, 15) is 5.11 Å². The van der Waals surface area contributed by atoms with E-state index in [0.717, 1.165) is 17.7 Å². The summed E-state index contributed by atoms with van der Waals surface area (Å²) in [5, 5.41) is 11.3. The molecule has 114 valence electrons. The summed E-state index contributed by atoms with van der Waals surface area (Å²) in [7, 11) is 4.01. The van der Waals surface area contributed by atoms with Crippen LogP contribution in [0.2, 0.25) is 0 Å². The highest BCUT2D eigenvalue weighted by Crippen LogP contribution is 2.29. The van der Waals surface area contributed by atoms with Crippen molar-refractivity contribution >= 4 is 0 Å². The zero-order valence-electron chi connectivity index (χ0n) is 13.5. The SMILES string of the molecule is C[C@@H](CN(C)C)[C@](O)(C#Cc1ccccc1)c1ccccc1. The zero-order chi connectivity index (χ0) is 16.0. The second kappa shape index (κ2) is 7.26. The Morgan fingerprint density at radius 2 is 1.55 bits per heavy atom. The van der Waals surface area contributed by atoms with Gasteiger partial charge >= 0.3 is 0 Å². The van der Waals surface area contributed by atoms with E-state index in [1.54, 1.807) is 0 Å². The molecule has 0 heterocycles. The number of rotatable bonds is 4. The van der Waals surface area contributed by atoms with Crippen molar-refractivity contribution in [1.82, 2.24) is 4.90 Å². The summed E-state index contributed by atoms with van der Waals surface area (Å²) in [5.74, 6) is 6.22. The Kier molecular flexibility index (Phi) is 5.38. The van der Waals surface area contributed by atoms with Gasteiger partial charge in [0.05, 0.1) is 0 Å². The molecule has 0 aromatic heterocycles. The van der Waals surface area contributed by atoms with E-state index in [-0.39, 0.29) is 5.92 Å². The van der Waals surface area contributed by atoms with Crippen LogP contribution in [0.15, 0.2) is 60.7 Å². The summed E-state index contributed by atoms with van der Waals surface area (Å²) in [5.41, 5.74) is 0.586. The molecule has 2 heteroatoms. The highest BCUT2D eigenvalue weighted by molar-refractivity contribution is 5.40. The fraction of sp³-hybridized carbons (Fsp3) is 0.300. The first-order chi connectivity index (χ1) is 10.5. The molecular formula is C20H23NO. The molecule has 0 aliphatic rings. The van der Waals surface area contributed by atoms with Crippen LogP contribution in [0.1, 0.15) is 18.1 Å². The van der Waals surface area contributed by atoms with Crippen LogP contribution in [0.5, 0.6) is 0 Å². The largest absolute Gasteiger partial charge is 0.373 e. The smallest absolute Gasteiger partial charge is 0.155 e. The molecule has 0 saturated heterocycles. The Morgan fingerprint density at radius 1 is 1.00 bits per heavy atom. The molecular weight excluding hydrogens is 270 g/mol. The maximum Gasteiger partial charge on any atom is 0.155 e. The van der Waals surface area contributed by atoms with Crippen LogP contribution in [-0.4, -0.2) is 30.6 Å². The fourth-order valence-electron chi connectivity index (χ4n) is 2.54. The van der Waals surface area contributed by atoms with E-state index in [1.165, 1.54) is 0 Å². The zero-order valence-corrected chi connectivity index (χ0v) is 13.5. The van der Waals surface area contributed by atoms with E-state index in [2.05, 4.69) is 16.7 Å². The predicted molar refractivity (Wildman–Crippen MR) is 91.4 cm³/mol. The molecule has 1 N–H and O–H groups in total. The minimum absolute atomic E-state index is 0.0129. The Hall–Kier alpha value is -2.08. The highest BCUT2D eigenvalue weighted by atomic mass is 16.3. The summed E-state index contributed by atoms with van der Waals surface area (Å²) in [6.45, 7) is 2.79. The minimum atomic E-state index is -1.17. The van der Waals surface area contributed by atoms with Crippen molar-refractivity contribution in [2.45, 2.75) is 12.5 Å². The molecule has 2 aromatic rings. The molecule has 2 nitrogen and oxygen atoms in total. The number of hydrogen-bond donors (Lipinski definition) is 1. The summed E-state index contributed by atoms with van der Waals surface area (Å²) in [6, 6.07) is 19.5. The molecule has 0 fully saturated rings. The van der Waals surface area contributed by atoms with Crippen molar-refractivity contribution in [2.24, 2.45) is 5.92 Å². The van der Waals surface area contributed by atoms with Gasteiger partial charge in [-0.2, -0.15) is 0 Å². The maximum absolute atomic E-state index is 11.3. The van der Waals surface area contributed by atoms with Crippen molar-refractivity contribution in [3.8, 4) is 11.8 Å². The fourth-order valence-corrected chi connectivity index (χ4v) is 2.54. The average Bonchev–Trinajstić information content (AvgIpc) is 2.53. The monoisotopic (exact) mass is 293 g/mol. The van der Waals surface area contributed by atoms with Crippen molar-refractivity contribution in [1.29, 1.82) is 0 Å². The Labute approximate surface area is 133 Å². The molecule has 2 atom stereocenters. The lowest BCUT2D eigenvalue weighted by Crippen LogP contribution is -2.38. The summed E-state index contributed by atoms with van der Waals surface area (Å²) < 4.78 is 0. The molecule has 0 saturated carbocycles. The van der Waals surface area contributed by atoms with Gasteiger partial charge in [-0.05, 0) is 31.8 Å². The lowest BCUT2D eigenvalue weighted by molar-refractivity contribution is 0.0305. The van der Waals surface area contributed by atoms with Crippen molar-refractivity contribution < 1.29 is 5.11 Å². The van der Waals surface area contributed by atoms with Crippen LogP contribution >= 0.6 is 0 Å². The topological polar surface area (TPSA) is 23.5 Å². The minimum Gasteiger partial charge on any atom is -0.373 e. The van der Waals surface area contributed by atoms with E-state index in [1.807, 2.05) is 81.7 Å². The van der Waals surface area contributed by atoms with Gasteiger partial charge in [0.1, 0.15) is 0 Å². The van der Waals surface area contributed by atoms with Crippen LogP contribution in [0.25, 0.3) is 0 Å². The van der Waals surface area contributed by atoms with Gasteiger partial charge in [0.15, 0.2) is 5.60 Å². The quantitative estimate of drug-likeness (QED) is 0.876. The van der Waals surface area contributed by atoms with Gasteiger partial charge in [-0.25, -0.2) is 0 Å². The number of nitrogens with zero attached hydrogens (tertiary/aromatic N) is 1. The predicted octanol–water partition coefficient (Wildman–Crippen LogP) is 3.12. The van der Waals surface area contributed by atoms with Gasteiger partial charge in [0.2, 0.25) is 0 Å². The van der Waals surface area contributed by atoms with Crippen LogP contribution in [0, 0.1) is 17.8 Å². The van der Waals surface area contributed by atoms with E-state index in [4.69, 9.17) is 0 Å². The van der Waals surface area contributed by atoms with Gasteiger partial charge in [-0.15, -0.1) is 0 Å². The molecule has 2 aromatic carbocycles. The van der Waals surface area contributed by atoms with E-state index in [0.29, 0.717) is 0 Å². The molecule has 0 aliphatic heterocycles. The Bertz CT molecular complexity index is 640. The summed E-state index contributed by atoms with van der Waals surface area (Å²) >= 11 is 0. The van der Waals surface area contributed by atoms with Gasteiger partial charge in [-0.3, -0.25) is 0 Å². The molecule has 0 amide bonds. The highest BCUT2D eigenvalue weighted by Gasteiger charge is 2.34. The van der Waals surface area contributed by atoms with Crippen molar-refractivity contribution in [3.63, 3.8) is 0 Å². The first kappa shape index (κ1) is 16.3. The second-order valence-corrected chi connectivity index (χ2v) is 5.91. The molecule has 22 heavy (non-hydrogen) atoms. The van der Waals surface area contributed by atoms with E-state index < -0.39 is 5.60 Å². The van der Waals surface area contributed by atoms with Crippen LogP contribution in [0.4, 0.5) is 0 Å². The lowest BCUT2D eigenvalue weighted by Gasteiger charge is -2.31. The molecule has 0 radical (unpaired) electrons. The van der Waals surface area contributed by atoms with Crippen LogP contribution < -0.4 is 0 Å². The molecule has 0 spiro atoms. The molecule has 0 unspecified atom stereocenters. The number of benzene rings is 2. The van der Waals surface area contributed by atoms with E-state index >= 15 is 0 Å². The maximum atomic E-state index is 11.3. The average molecular weight is 293 g/mol. The normalized spacial score (nSPS) is 14.8. The number of hydrogen-bond acceptors (Lipinski definition) is 2. The molecule has 2 rings (SSSR count). The number of aliphatic hydroxyl groups is 1. The summed E-state index contributed by atoms with van der Waals surface area (Å²) in [4.78, 5) is 2.07. The van der Waals surface area contributed by atoms with Gasteiger partial charge in [-0.1, -0.05) is 67.3 Å². The van der Waals surface area contributed by atoms with Crippen molar-refractivity contribution in [3.05, 3.63) is 71.8 Å².